The monoisotopic (exact) mass is 264 g/mol. The lowest BCUT2D eigenvalue weighted by Gasteiger charge is -2.03. The van der Waals surface area contributed by atoms with E-state index in [2.05, 4.69) is 20.3 Å². The van der Waals surface area contributed by atoms with E-state index in [9.17, 15) is 13.6 Å². The van der Waals surface area contributed by atoms with E-state index in [1.807, 2.05) is 0 Å². The lowest BCUT2D eigenvalue weighted by atomic mass is 10.2. The van der Waals surface area contributed by atoms with Crippen LogP contribution in [-0.2, 0) is 6.54 Å². The van der Waals surface area contributed by atoms with Gasteiger partial charge in [0.2, 0.25) is 0 Å². The van der Waals surface area contributed by atoms with Crippen molar-refractivity contribution in [1.29, 1.82) is 0 Å². The van der Waals surface area contributed by atoms with Crippen LogP contribution in [0.4, 0.5) is 8.78 Å². The summed E-state index contributed by atoms with van der Waals surface area (Å²) < 4.78 is 27.8. The third kappa shape index (κ3) is 2.72. The number of amides is 1. The van der Waals surface area contributed by atoms with Gasteiger partial charge in [0, 0.05) is 10.5 Å². The van der Waals surface area contributed by atoms with Crippen LogP contribution in [0.2, 0.25) is 0 Å². The van der Waals surface area contributed by atoms with Crippen molar-refractivity contribution in [3.05, 3.63) is 57.7 Å². The van der Waals surface area contributed by atoms with E-state index < -0.39 is 17.5 Å². The van der Waals surface area contributed by atoms with Crippen molar-refractivity contribution < 1.29 is 13.6 Å². The van der Waals surface area contributed by atoms with Gasteiger partial charge in [0.05, 0.1) is 12.7 Å². The van der Waals surface area contributed by atoms with Gasteiger partial charge in [-0.1, -0.05) is 11.3 Å². The van der Waals surface area contributed by atoms with Gasteiger partial charge in [-0.2, -0.15) is 0 Å². The summed E-state index contributed by atoms with van der Waals surface area (Å²) in [6, 6.07) is 3.47. The molecule has 2 rings (SSSR count). The molecule has 0 saturated heterocycles. The average Bonchev–Trinajstić information content (AvgIpc) is 2.83. The molecule has 0 fully saturated rings. The topological polar surface area (TPSA) is 96.5 Å². The van der Waals surface area contributed by atoms with Crippen LogP contribution < -0.4 is 0 Å². The first-order chi connectivity index (χ1) is 9.11. The minimum atomic E-state index is -0.914. The largest absolute Gasteiger partial charge is 0.285 e. The van der Waals surface area contributed by atoms with E-state index in [-0.39, 0.29) is 17.8 Å². The van der Waals surface area contributed by atoms with Gasteiger partial charge in [0.1, 0.15) is 11.6 Å². The molecular formula is C10H6F2N6O. The predicted octanol–water partition coefficient (Wildman–Crippen LogP) is 2.06. The van der Waals surface area contributed by atoms with Gasteiger partial charge in [-0.3, -0.25) is 4.79 Å². The Labute approximate surface area is 105 Å². The fourth-order valence-corrected chi connectivity index (χ4v) is 1.41. The highest BCUT2D eigenvalue weighted by Gasteiger charge is 2.12. The first-order valence-electron chi connectivity index (χ1n) is 5.04. The van der Waals surface area contributed by atoms with E-state index >= 15 is 0 Å². The molecule has 0 saturated carbocycles. The van der Waals surface area contributed by atoms with Crippen molar-refractivity contribution in [3.63, 3.8) is 0 Å². The Balaban J connectivity index is 2.25. The van der Waals surface area contributed by atoms with E-state index in [0.29, 0.717) is 0 Å². The molecule has 0 aliphatic rings. The Morgan fingerprint density at radius 1 is 1.42 bits per heavy atom. The maximum absolute atomic E-state index is 13.4. The molecule has 1 heterocycles. The van der Waals surface area contributed by atoms with Gasteiger partial charge < -0.3 is 0 Å². The summed E-state index contributed by atoms with van der Waals surface area (Å²) in [5.74, 6) is -2.36. The summed E-state index contributed by atoms with van der Waals surface area (Å²) in [6.45, 7) is -0.227. The zero-order chi connectivity index (χ0) is 13.8. The highest BCUT2D eigenvalue weighted by Crippen LogP contribution is 2.13. The third-order valence-corrected chi connectivity index (χ3v) is 2.28. The molecule has 7 nitrogen and oxygen atoms in total. The standard InChI is InChI=1S/C10H6F2N6O/c11-7-2-1-3-8(12)6(7)4-18-5-9(14-17-18)10(19)15-16-13/h1-3,5H,4H2. The van der Waals surface area contributed by atoms with Crippen molar-refractivity contribution in [2.24, 2.45) is 5.11 Å². The number of carbonyl (C=O) groups is 1. The van der Waals surface area contributed by atoms with Gasteiger partial charge in [0.25, 0.3) is 5.91 Å². The molecule has 0 spiro atoms. The number of azide groups is 1. The van der Waals surface area contributed by atoms with E-state index in [1.54, 1.807) is 0 Å². The molecule has 96 valence electrons. The first kappa shape index (κ1) is 12.7. The molecular weight excluding hydrogens is 258 g/mol. The number of halogens is 2. The van der Waals surface area contributed by atoms with Crippen LogP contribution in [0, 0.1) is 11.6 Å². The highest BCUT2D eigenvalue weighted by atomic mass is 19.1. The van der Waals surface area contributed by atoms with Crippen LogP contribution in [0.15, 0.2) is 29.5 Å². The van der Waals surface area contributed by atoms with Gasteiger partial charge >= 0.3 is 0 Å². The van der Waals surface area contributed by atoms with Crippen molar-refractivity contribution in [2.75, 3.05) is 0 Å². The molecule has 1 aromatic heterocycles. The quantitative estimate of drug-likeness (QED) is 0.482. The zero-order valence-electron chi connectivity index (χ0n) is 9.36. The number of nitrogens with zero attached hydrogens (tertiary/aromatic N) is 6. The average molecular weight is 264 g/mol. The number of hydrogen-bond acceptors (Lipinski definition) is 3. The second-order valence-corrected chi connectivity index (χ2v) is 3.50. The Morgan fingerprint density at radius 2 is 2.11 bits per heavy atom. The van der Waals surface area contributed by atoms with Crippen LogP contribution in [0.5, 0.6) is 0 Å². The van der Waals surface area contributed by atoms with Crippen LogP contribution in [0.3, 0.4) is 0 Å². The molecule has 0 atom stereocenters. The number of carbonyl (C=O) groups excluding carboxylic acids is 1. The summed E-state index contributed by atoms with van der Waals surface area (Å²) in [7, 11) is 0. The van der Waals surface area contributed by atoms with Crippen LogP contribution >= 0.6 is 0 Å². The van der Waals surface area contributed by atoms with Crippen molar-refractivity contribution in [1.82, 2.24) is 15.0 Å². The molecule has 0 aliphatic carbocycles. The van der Waals surface area contributed by atoms with Crippen LogP contribution in [0.1, 0.15) is 16.1 Å². The summed E-state index contributed by atoms with van der Waals surface area (Å²) in [5, 5.41) is 9.80. The molecule has 0 radical (unpaired) electrons. The summed E-state index contributed by atoms with van der Waals surface area (Å²) >= 11 is 0. The Morgan fingerprint density at radius 3 is 2.74 bits per heavy atom. The lowest BCUT2D eigenvalue weighted by molar-refractivity contribution is 0.0995. The predicted molar refractivity (Wildman–Crippen MR) is 59.0 cm³/mol. The highest BCUT2D eigenvalue weighted by molar-refractivity contribution is 5.92. The number of benzene rings is 1. The maximum atomic E-state index is 13.4. The fraction of sp³-hybridized carbons (Fsp3) is 0.100. The number of hydrogen-bond donors (Lipinski definition) is 0. The minimum Gasteiger partial charge on any atom is -0.285 e. The van der Waals surface area contributed by atoms with Gasteiger partial charge in [-0.15, -0.1) is 5.10 Å². The second kappa shape index (κ2) is 5.23. The number of aromatic nitrogens is 3. The molecule has 0 unspecified atom stereocenters. The van der Waals surface area contributed by atoms with Gasteiger partial charge in [-0.25, -0.2) is 13.5 Å². The molecule has 19 heavy (non-hydrogen) atoms. The molecule has 2 aromatic rings. The maximum Gasteiger partial charge on any atom is 0.270 e. The molecule has 1 amide bonds. The zero-order valence-corrected chi connectivity index (χ0v) is 9.36. The van der Waals surface area contributed by atoms with Gasteiger partial charge in [0.15, 0.2) is 5.69 Å². The molecule has 0 bridgehead atoms. The second-order valence-electron chi connectivity index (χ2n) is 3.50. The normalized spacial score (nSPS) is 10.0. The van der Waals surface area contributed by atoms with Gasteiger partial charge in [-0.05, 0) is 22.8 Å². The molecule has 9 heteroatoms. The summed E-state index contributed by atoms with van der Waals surface area (Å²) in [5.41, 5.74) is 7.70. The van der Waals surface area contributed by atoms with Crippen LogP contribution in [0.25, 0.3) is 10.4 Å². The van der Waals surface area contributed by atoms with E-state index in [4.69, 9.17) is 5.53 Å². The van der Waals surface area contributed by atoms with E-state index in [0.717, 1.165) is 23.0 Å². The number of rotatable bonds is 3. The molecule has 0 N–H and O–H groups in total. The lowest BCUT2D eigenvalue weighted by Crippen LogP contribution is -2.05. The molecule has 1 aromatic carbocycles. The Bertz CT molecular complexity index is 656. The SMILES string of the molecule is [N-]=[N+]=NC(=O)c1cn(Cc2c(F)cccc2F)nn1. The summed E-state index contributed by atoms with van der Waals surface area (Å²) in [6.07, 6.45) is 1.14. The Hall–Kier alpha value is -2.80. The fourth-order valence-electron chi connectivity index (χ4n) is 1.41. The van der Waals surface area contributed by atoms with Crippen molar-refractivity contribution >= 4 is 5.91 Å². The van der Waals surface area contributed by atoms with E-state index in [1.165, 1.54) is 6.07 Å². The molecule has 0 aliphatic heterocycles. The van der Waals surface area contributed by atoms with Crippen LogP contribution in [-0.4, -0.2) is 20.9 Å². The smallest absolute Gasteiger partial charge is 0.270 e. The van der Waals surface area contributed by atoms with Crippen molar-refractivity contribution in [2.45, 2.75) is 6.54 Å². The Kier molecular flexibility index (Phi) is 3.48. The third-order valence-electron chi connectivity index (χ3n) is 2.28. The minimum absolute atomic E-state index is 0.199. The van der Waals surface area contributed by atoms with Crippen molar-refractivity contribution in [3.8, 4) is 0 Å². The first-order valence-corrected chi connectivity index (χ1v) is 5.04. The summed E-state index contributed by atoms with van der Waals surface area (Å²) in [4.78, 5) is 13.5.